The molecule has 1 saturated heterocycles. The Morgan fingerprint density at radius 3 is 3.07 bits per heavy atom. The molecule has 28 heavy (non-hydrogen) atoms. The van der Waals surface area contributed by atoms with Gasteiger partial charge in [0.25, 0.3) is 5.91 Å². The third-order valence-electron chi connectivity index (χ3n) is 5.93. The maximum Gasteiger partial charge on any atom is 0.252 e. The first-order valence-electron chi connectivity index (χ1n) is 10.2. The number of rotatable bonds is 6. The van der Waals surface area contributed by atoms with Crippen molar-refractivity contribution in [1.29, 1.82) is 0 Å². The van der Waals surface area contributed by atoms with Gasteiger partial charge in [0.2, 0.25) is 0 Å². The lowest BCUT2D eigenvalue weighted by Crippen LogP contribution is -2.32. The number of nitrogens with one attached hydrogen (secondary N) is 1. The number of aryl methyl sites for hydroxylation is 2. The highest BCUT2D eigenvalue weighted by Gasteiger charge is 2.25. The lowest BCUT2D eigenvalue weighted by atomic mass is 9.98. The van der Waals surface area contributed by atoms with Crippen molar-refractivity contribution in [1.82, 2.24) is 15.4 Å². The highest BCUT2D eigenvalue weighted by Crippen LogP contribution is 2.30. The van der Waals surface area contributed by atoms with Crippen LogP contribution in [0.3, 0.4) is 0 Å². The number of fused-ring (bicyclic) bond motifs is 1. The Bertz CT molecular complexity index is 803. The molecule has 2 aromatic heterocycles. The minimum atomic E-state index is 0.0772. The van der Waals surface area contributed by atoms with Crippen molar-refractivity contribution in [2.75, 3.05) is 26.3 Å². The van der Waals surface area contributed by atoms with Gasteiger partial charge in [0.05, 0.1) is 11.3 Å². The van der Waals surface area contributed by atoms with Gasteiger partial charge in [0, 0.05) is 55.2 Å². The number of nitrogens with zero attached hydrogens (tertiary/aromatic N) is 2. The Hall–Kier alpha value is -1.70. The van der Waals surface area contributed by atoms with Crippen LogP contribution in [0.1, 0.15) is 57.1 Å². The molecule has 1 atom stereocenters. The summed E-state index contributed by atoms with van der Waals surface area (Å²) in [5.74, 6) is 1.56. The maximum absolute atomic E-state index is 12.7. The number of thiophene rings is 1. The SMILES string of the molecule is Cc1noc(C)c1CN1CCc2c(C(=O)NCC[C@@H]3CCCOC3)csc2C1. The second-order valence-electron chi connectivity index (χ2n) is 7.94. The Labute approximate surface area is 170 Å². The fraction of sp³-hybridized carbons (Fsp3) is 0.619. The van der Waals surface area contributed by atoms with Crippen molar-refractivity contribution in [3.8, 4) is 0 Å². The molecule has 1 fully saturated rings. The molecule has 4 rings (SSSR count). The number of amides is 1. The molecule has 4 heterocycles. The number of aromatic nitrogens is 1. The smallest absolute Gasteiger partial charge is 0.252 e. The molecule has 0 radical (unpaired) electrons. The van der Waals surface area contributed by atoms with Gasteiger partial charge in [-0.15, -0.1) is 11.3 Å². The maximum atomic E-state index is 12.7. The predicted molar refractivity (Wildman–Crippen MR) is 109 cm³/mol. The second-order valence-corrected chi connectivity index (χ2v) is 8.91. The van der Waals surface area contributed by atoms with E-state index in [0.29, 0.717) is 5.92 Å². The summed E-state index contributed by atoms with van der Waals surface area (Å²) in [6.45, 7) is 9.11. The number of carbonyl (C=O) groups excluding carboxylic acids is 1. The molecule has 2 aliphatic rings. The minimum Gasteiger partial charge on any atom is -0.381 e. The summed E-state index contributed by atoms with van der Waals surface area (Å²) in [5.41, 5.74) is 4.26. The second kappa shape index (κ2) is 8.76. The summed E-state index contributed by atoms with van der Waals surface area (Å²) in [6, 6.07) is 0. The van der Waals surface area contributed by atoms with Crippen LogP contribution >= 0.6 is 11.3 Å². The van der Waals surface area contributed by atoms with Gasteiger partial charge in [-0.3, -0.25) is 9.69 Å². The van der Waals surface area contributed by atoms with E-state index in [9.17, 15) is 4.79 Å². The van der Waals surface area contributed by atoms with E-state index < -0.39 is 0 Å². The van der Waals surface area contributed by atoms with E-state index in [1.807, 2.05) is 19.2 Å². The van der Waals surface area contributed by atoms with Crippen LogP contribution in [0.25, 0.3) is 0 Å². The Kier molecular flexibility index (Phi) is 6.13. The molecule has 152 valence electrons. The normalized spacial score (nSPS) is 20.1. The van der Waals surface area contributed by atoms with Gasteiger partial charge in [-0.1, -0.05) is 5.16 Å². The molecular weight excluding hydrogens is 374 g/mol. The quantitative estimate of drug-likeness (QED) is 0.800. The van der Waals surface area contributed by atoms with Crippen molar-refractivity contribution in [2.45, 2.75) is 52.6 Å². The van der Waals surface area contributed by atoms with Crippen molar-refractivity contribution >= 4 is 17.2 Å². The van der Waals surface area contributed by atoms with Gasteiger partial charge in [-0.05, 0) is 51.0 Å². The van der Waals surface area contributed by atoms with Crippen LogP contribution in [-0.2, 0) is 24.2 Å². The van der Waals surface area contributed by atoms with E-state index in [0.717, 1.165) is 75.7 Å². The molecule has 2 aliphatic heterocycles. The third kappa shape index (κ3) is 4.31. The van der Waals surface area contributed by atoms with Gasteiger partial charge >= 0.3 is 0 Å². The molecule has 0 saturated carbocycles. The average molecular weight is 404 g/mol. The van der Waals surface area contributed by atoms with Gasteiger partial charge in [0.15, 0.2) is 0 Å². The van der Waals surface area contributed by atoms with Gasteiger partial charge in [0.1, 0.15) is 5.76 Å². The van der Waals surface area contributed by atoms with Crippen LogP contribution in [0.5, 0.6) is 0 Å². The Balaban J connectivity index is 1.32. The average Bonchev–Trinajstić information content (AvgIpc) is 3.27. The standard InChI is InChI=1S/C21H29N3O3S/c1-14-18(15(2)27-23-14)10-24-8-6-17-19(13-28-20(17)11-24)21(25)22-7-5-16-4-3-9-26-12-16/h13,16H,3-12H2,1-2H3,(H,22,25)/t16-/m0/s1. The first-order chi connectivity index (χ1) is 13.6. The molecule has 1 N–H and O–H groups in total. The fourth-order valence-electron chi connectivity index (χ4n) is 4.18. The number of hydrogen-bond acceptors (Lipinski definition) is 6. The highest BCUT2D eigenvalue weighted by atomic mass is 32.1. The molecule has 0 aromatic carbocycles. The monoisotopic (exact) mass is 403 g/mol. The van der Waals surface area contributed by atoms with Gasteiger partial charge < -0.3 is 14.6 Å². The first kappa shape index (κ1) is 19.6. The van der Waals surface area contributed by atoms with Crippen LogP contribution in [0.2, 0.25) is 0 Å². The van der Waals surface area contributed by atoms with E-state index in [1.165, 1.54) is 22.4 Å². The van der Waals surface area contributed by atoms with Crippen LogP contribution in [0.15, 0.2) is 9.90 Å². The number of carbonyl (C=O) groups is 1. The zero-order valence-electron chi connectivity index (χ0n) is 16.8. The number of ether oxygens (including phenoxy) is 1. The van der Waals surface area contributed by atoms with E-state index >= 15 is 0 Å². The van der Waals surface area contributed by atoms with E-state index in [-0.39, 0.29) is 5.91 Å². The summed E-state index contributed by atoms with van der Waals surface area (Å²) in [5, 5.41) is 9.21. The Morgan fingerprint density at radius 1 is 1.43 bits per heavy atom. The zero-order chi connectivity index (χ0) is 19.5. The molecule has 7 heteroatoms. The van der Waals surface area contributed by atoms with E-state index in [4.69, 9.17) is 9.26 Å². The topological polar surface area (TPSA) is 67.6 Å². The van der Waals surface area contributed by atoms with Crippen LogP contribution < -0.4 is 5.32 Å². The van der Waals surface area contributed by atoms with Crippen molar-refractivity contribution in [3.05, 3.63) is 38.4 Å². The summed E-state index contributed by atoms with van der Waals surface area (Å²) in [4.78, 5) is 16.4. The van der Waals surface area contributed by atoms with Gasteiger partial charge in [-0.2, -0.15) is 0 Å². The molecule has 0 aliphatic carbocycles. The summed E-state index contributed by atoms with van der Waals surface area (Å²) >= 11 is 1.71. The lowest BCUT2D eigenvalue weighted by Gasteiger charge is -2.27. The molecule has 6 nitrogen and oxygen atoms in total. The van der Waals surface area contributed by atoms with E-state index in [1.54, 1.807) is 11.3 Å². The van der Waals surface area contributed by atoms with Crippen LogP contribution in [0, 0.1) is 19.8 Å². The molecule has 1 amide bonds. The Morgan fingerprint density at radius 2 is 2.32 bits per heavy atom. The third-order valence-corrected chi connectivity index (χ3v) is 6.94. The number of hydrogen-bond donors (Lipinski definition) is 1. The summed E-state index contributed by atoms with van der Waals surface area (Å²) < 4.78 is 10.8. The van der Waals surface area contributed by atoms with Crippen LogP contribution in [0.4, 0.5) is 0 Å². The van der Waals surface area contributed by atoms with Crippen molar-refractivity contribution < 1.29 is 14.1 Å². The zero-order valence-corrected chi connectivity index (χ0v) is 17.6. The lowest BCUT2D eigenvalue weighted by molar-refractivity contribution is 0.0514. The molecular formula is C21H29N3O3S. The van der Waals surface area contributed by atoms with Crippen molar-refractivity contribution in [2.24, 2.45) is 5.92 Å². The predicted octanol–water partition coefficient (Wildman–Crippen LogP) is 3.46. The summed E-state index contributed by atoms with van der Waals surface area (Å²) in [7, 11) is 0. The van der Waals surface area contributed by atoms with E-state index in [2.05, 4.69) is 15.4 Å². The van der Waals surface area contributed by atoms with Crippen LogP contribution in [-0.4, -0.2) is 42.3 Å². The largest absolute Gasteiger partial charge is 0.381 e. The first-order valence-corrected chi connectivity index (χ1v) is 11.1. The fourth-order valence-corrected chi connectivity index (χ4v) is 5.30. The summed E-state index contributed by atoms with van der Waals surface area (Å²) in [6.07, 6.45) is 4.27. The van der Waals surface area contributed by atoms with Gasteiger partial charge in [-0.25, -0.2) is 0 Å². The minimum absolute atomic E-state index is 0.0772. The molecule has 0 spiro atoms. The molecule has 0 bridgehead atoms. The molecule has 0 unspecified atom stereocenters. The highest BCUT2D eigenvalue weighted by molar-refractivity contribution is 7.10. The molecule has 2 aromatic rings. The van der Waals surface area contributed by atoms with Crippen molar-refractivity contribution in [3.63, 3.8) is 0 Å².